The molecule has 0 heterocycles. The summed E-state index contributed by atoms with van der Waals surface area (Å²) < 4.78 is 11.3. The number of fused-ring (bicyclic) bond motifs is 1. The number of hydrogen-bond donors (Lipinski definition) is 0. The van der Waals surface area contributed by atoms with E-state index >= 15 is 0 Å². The molecule has 3 aromatic carbocycles. The van der Waals surface area contributed by atoms with Crippen molar-refractivity contribution < 1.29 is 14.3 Å². The smallest absolute Gasteiger partial charge is 0.309 e. The second-order valence-electron chi connectivity index (χ2n) is 5.76. The predicted octanol–water partition coefficient (Wildman–Crippen LogP) is 4.74. The molecular formula is C21H20O3. The molecule has 0 spiro atoms. The van der Waals surface area contributed by atoms with E-state index in [0.717, 1.165) is 22.1 Å². The summed E-state index contributed by atoms with van der Waals surface area (Å²) in [4.78, 5) is 12.0. The Morgan fingerprint density at radius 2 is 1.62 bits per heavy atom. The highest BCUT2D eigenvalue weighted by molar-refractivity contribution is 5.88. The zero-order chi connectivity index (χ0) is 16.8. The molecule has 0 aliphatic rings. The van der Waals surface area contributed by atoms with Crippen LogP contribution in [0.3, 0.4) is 0 Å². The predicted molar refractivity (Wildman–Crippen MR) is 94.9 cm³/mol. The fraction of sp³-hybridized carbons (Fsp3) is 0.190. The minimum atomic E-state index is -0.258. The van der Waals surface area contributed by atoms with Gasteiger partial charge in [0, 0.05) is 5.39 Å². The van der Waals surface area contributed by atoms with E-state index in [1.807, 2.05) is 79.7 Å². The van der Waals surface area contributed by atoms with E-state index < -0.39 is 0 Å². The average molecular weight is 320 g/mol. The largest absolute Gasteiger partial charge is 0.489 e. The molecule has 24 heavy (non-hydrogen) atoms. The summed E-state index contributed by atoms with van der Waals surface area (Å²) >= 11 is 0. The third kappa shape index (κ3) is 4.13. The molecule has 3 heteroatoms. The van der Waals surface area contributed by atoms with Crippen LogP contribution in [0.25, 0.3) is 10.8 Å². The summed E-state index contributed by atoms with van der Waals surface area (Å²) in [5.74, 6) is 0.531. The molecule has 3 nitrogen and oxygen atoms in total. The van der Waals surface area contributed by atoms with Crippen molar-refractivity contribution in [3.8, 4) is 5.75 Å². The maximum Gasteiger partial charge on any atom is 0.309 e. The fourth-order valence-corrected chi connectivity index (χ4v) is 2.59. The number of ether oxygens (including phenoxy) is 2. The maximum atomic E-state index is 12.0. The van der Waals surface area contributed by atoms with Crippen molar-refractivity contribution in [2.24, 2.45) is 0 Å². The van der Waals surface area contributed by atoms with E-state index in [9.17, 15) is 4.79 Å². The lowest BCUT2D eigenvalue weighted by Gasteiger charge is -2.16. The summed E-state index contributed by atoms with van der Waals surface area (Å²) in [6.45, 7) is 2.17. The average Bonchev–Trinajstić information content (AvgIpc) is 2.61. The van der Waals surface area contributed by atoms with E-state index in [0.29, 0.717) is 6.61 Å². The molecule has 0 saturated heterocycles. The molecule has 0 N–H and O–H groups in total. The second kappa shape index (κ2) is 7.64. The minimum Gasteiger partial charge on any atom is -0.489 e. The van der Waals surface area contributed by atoms with Gasteiger partial charge in [0.25, 0.3) is 0 Å². The molecule has 0 aliphatic heterocycles. The third-order valence-electron chi connectivity index (χ3n) is 3.77. The van der Waals surface area contributed by atoms with Gasteiger partial charge < -0.3 is 9.47 Å². The van der Waals surface area contributed by atoms with E-state index in [-0.39, 0.29) is 18.5 Å². The van der Waals surface area contributed by atoms with E-state index in [4.69, 9.17) is 9.47 Å². The van der Waals surface area contributed by atoms with Gasteiger partial charge >= 0.3 is 5.97 Å². The number of carbonyl (C=O) groups is 1. The van der Waals surface area contributed by atoms with Gasteiger partial charge in [-0.1, -0.05) is 66.7 Å². The van der Waals surface area contributed by atoms with Crippen LogP contribution in [0.5, 0.6) is 5.75 Å². The summed E-state index contributed by atoms with van der Waals surface area (Å²) in [6, 6.07) is 23.6. The standard InChI is InChI=1S/C21H20O3/c1-16(14-21(22)23-15-17-8-3-2-4-9-17)24-20-13-7-11-18-10-5-6-12-19(18)20/h2-13,16H,14-15H2,1H3. The lowest BCUT2D eigenvalue weighted by atomic mass is 10.1. The Bertz CT molecular complexity index is 806. The van der Waals surface area contributed by atoms with Gasteiger partial charge in [0.05, 0.1) is 6.42 Å². The van der Waals surface area contributed by atoms with Gasteiger partial charge in [-0.2, -0.15) is 0 Å². The van der Waals surface area contributed by atoms with Gasteiger partial charge in [-0.3, -0.25) is 4.79 Å². The topological polar surface area (TPSA) is 35.5 Å². The van der Waals surface area contributed by atoms with Crippen LogP contribution in [0.4, 0.5) is 0 Å². The Morgan fingerprint density at radius 3 is 2.46 bits per heavy atom. The van der Waals surface area contributed by atoms with Crippen LogP contribution in [0.1, 0.15) is 18.9 Å². The summed E-state index contributed by atoms with van der Waals surface area (Å²) in [7, 11) is 0. The van der Waals surface area contributed by atoms with Crippen LogP contribution in [0.2, 0.25) is 0 Å². The van der Waals surface area contributed by atoms with Gasteiger partial charge in [0.2, 0.25) is 0 Å². The Balaban J connectivity index is 1.56. The zero-order valence-corrected chi connectivity index (χ0v) is 13.6. The number of carbonyl (C=O) groups excluding carboxylic acids is 1. The van der Waals surface area contributed by atoms with Gasteiger partial charge in [-0.25, -0.2) is 0 Å². The van der Waals surface area contributed by atoms with Crippen molar-refractivity contribution in [2.45, 2.75) is 26.1 Å². The van der Waals surface area contributed by atoms with E-state index in [1.54, 1.807) is 0 Å². The monoisotopic (exact) mass is 320 g/mol. The van der Waals surface area contributed by atoms with Crippen molar-refractivity contribution in [1.82, 2.24) is 0 Å². The molecule has 0 aromatic heterocycles. The van der Waals surface area contributed by atoms with Gasteiger partial charge in [0.15, 0.2) is 0 Å². The summed E-state index contributed by atoms with van der Waals surface area (Å²) in [6.07, 6.45) is -0.0325. The summed E-state index contributed by atoms with van der Waals surface area (Å²) in [5, 5.41) is 2.17. The van der Waals surface area contributed by atoms with Crippen molar-refractivity contribution >= 4 is 16.7 Å². The first kappa shape index (κ1) is 16.1. The van der Waals surface area contributed by atoms with Gasteiger partial charge in [-0.05, 0) is 23.9 Å². The van der Waals surface area contributed by atoms with Crippen molar-refractivity contribution in [2.75, 3.05) is 0 Å². The van der Waals surface area contributed by atoms with Crippen LogP contribution in [-0.2, 0) is 16.1 Å². The molecule has 1 unspecified atom stereocenters. The molecule has 122 valence electrons. The Kier molecular flexibility index (Phi) is 5.12. The highest BCUT2D eigenvalue weighted by Gasteiger charge is 2.13. The Morgan fingerprint density at radius 1 is 0.917 bits per heavy atom. The van der Waals surface area contributed by atoms with Crippen molar-refractivity contribution in [3.63, 3.8) is 0 Å². The highest BCUT2D eigenvalue weighted by Crippen LogP contribution is 2.26. The molecule has 1 atom stereocenters. The lowest BCUT2D eigenvalue weighted by molar-refractivity contribution is -0.146. The van der Waals surface area contributed by atoms with E-state index in [2.05, 4.69) is 0 Å². The van der Waals surface area contributed by atoms with Crippen LogP contribution in [0, 0.1) is 0 Å². The number of rotatable bonds is 6. The zero-order valence-electron chi connectivity index (χ0n) is 13.6. The van der Waals surface area contributed by atoms with Crippen LogP contribution in [0.15, 0.2) is 72.8 Å². The second-order valence-corrected chi connectivity index (χ2v) is 5.76. The minimum absolute atomic E-state index is 0.218. The molecule has 0 fully saturated rings. The number of hydrogen-bond acceptors (Lipinski definition) is 3. The SMILES string of the molecule is CC(CC(=O)OCc1ccccc1)Oc1cccc2ccccc12. The first-order valence-corrected chi connectivity index (χ1v) is 8.06. The Hall–Kier alpha value is -2.81. The molecule has 0 bridgehead atoms. The molecule has 0 aliphatic carbocycles. The van der Waals surface area contributed by atoms with Gasteiger partial charge in [-0.15, -0.1) is 0 Å². The third-order valence-corrected chi connectivity index (χ3v) is 3.77. The molecular weight excluding hydrogens is 300 g/mol. The van der Waals surface area contributed by atoms with Crippen molar-refractivity contribution in [1.29, 1.82) is 0 Å². The lowest BCUT2D eigenvalue weighted by Crippen LogP contribution is -2.19. The molecule has 3 rings (SSSR count). The van der Waals surface area contributed by atoms with Crippen LogP contribution >= 0.6 is 0 Å². The quantitative estimate of drug-likeness (QED) is 0.615. The maximum absolute atomic E-state index is 12.0. The Labute approximate surface area is 141 Å². The summed E-state index contributed by atoms with van der Waals surface area (Å²) in [5.41, 5.74) is 0.980. The first-order chi connectivity index (χ1) is 11.7. The molecule has 3 aromatic rings. The highest BCUT2D eigenvalue weighted by atomic mass is 16.5. The number of esters is 1. The van der Waals surface area contributed by atoms with Gasteiger partial charge in [0.1, 0.15) is 18.5 Å². The molecule has 0 radical (unpaired) electrons. The van der Waals surface area contributed by atoms with Crippen LogP contribution < -0.4 is 4.74 Å². The van der Waals surface area contributed by atoms with Crippen LogP contribution in [-0.4, -0.2) is 12.1 Å². The van der Waals surface area contributed by atoms with Crippen molar-refractivity contribution in [3.05, 3.63) is 78.4 Å². The number of benzene rings is 3. The normalized spacial score (nSPS) is 11.9. The fourth-order valence-electron chi connectivity index (χ4n) is 2.59. The molecule has 0 amide bonds. The molecule has 0 saturated carbocycles. The first-order valence-electron chi connectivity index (χ1n) is 8.06. The van der Waals surface area contributed by atoms with E-state index in [1.165, 1.54) is 0 Å².